The lowest BCUT2D eigenvalue weighted by molar-refractivity contribution is -0.125. The van der Waals surface area contributed by atoms with E-state index < -0.39 is 5.41 Å². The first-order chi connectivity index (χ1) is 19.7. The van der Waals surface area contributed by atoms with E-state index in [1.54, 1.807) is 37.4 Å². The monoisotopic (exact) mass is 561 g/mol. The highest BCUT2D eigenvalue weighted by Crippen LogP contribution is 2.40. The Balaban J connectivity index is 1.20. The van der Waals surface area contributed by atoms with Gasteiger partial charge in [-0.25, -0.2) is 4.98 Å². The van der Waals surface area contributed by atoms with Crippen molar-refractivity contribution in [1.82, 2.24) is 20.2 Å². The van der Waals surface area contributed by atoms with Crippen LogP contribution in [0.3, 0.4) is 0 Å². The van der Waals surface area contributed by atoms with Gasteiger partial charge in [0.25, 0.3) is 5.91 Å². The van der Waals surface area contributed by atoms with Crippen LogP contribution >= 0.6 is 0 Å². The van der Waals surface area contributed by atoms with Gasteiger partial charge in [0.15, 0.2) is 5.82 Å². The Kier molecular flexibility index (Phi) is 7.52. The van der Waals surface area contributed by atoms with Crippen molar-refractivity contribution >= 4 is 35.0 Å². The van der Waals surface area contributed by atoms with Crippen molar-refractivity contribution in [2.24, 2.45) is 11.3 Å². The molecule has 1 atom stereocenters. The lowest BCUT2D eigenvalue weighted by atomic mass is 9.91. The van der Waals surface area contributed by atoms with E-state index in [-0.39, 0.29) is 17.9 Å². The van der Waals surface area contributed by atoms with Gasteiger partial charge in [-0.3, -0.25) is 9.59 Å². The fourth-order valence-corrected chi connectivity index (χ4v) is 6.63. The van der Waals surface area contributed by atoms with Crippen molar-refractivity contribution in [2.75, 3.05) is 55.5 Å². The molecule has 10 nitrogen and oxygen atoms in total. The molecule has 0 radical (unpaired) electrons. The van der Waals surface area contributed by atoms with Gasteiger partial charge in [0, 0.05) is 50.9 Å². The number of likely N-dealkylation sites (tertiary alicyclic amines) is 1. The quantitative estimate of drug-likeness (QED) is 0.495. The molecule has 41 heavy (non-hydrogen) atoms. The summed E-state index contributed by atoms with van der Waals surface area (Å²) in [7, 11) is 3.40. The molecule has 1 aromatic heterocycles. The maximum atomic E-state index is 13.3. The summed E-state index contributed by atoms with van der Waals surface area (Å²) >= 11 is 0. The van der Waals surface area contributed by atoms with Crippen LogP contribution in [0.2, 0.25) is 0 Å². The Hall–Kier alpha value is -3.40. The first-order valence-corrected chi connectivity index (χ1v) is 15.1. The Labute approximate surface area is 242 Å². The molecule has 2 amide bonds. The van der Waals surface area contributed by atoms with Crippen LogP contribution in [0.25, 0.3) is 0 Å². The number of nitrogens with one attached hydrogen (secondary N) is 2. The molecule has 0 spiro atoms. The first kappa shape index (κ1) is 27.8. The summed E-state index contributed by atoms with van der Waals surface area (Å²) in [4.78, 5) is 42.4. The molecule has 2 N–H and O–H groups in total. The van der Waals surface area contributed by atoms with Gasteiger partial charge < -0.3 is 30.1 Å². The molecule has 2 aliphatic heterocycles. The van der Waals surface area contributed by atoms with Gasteiger partial charge in [-0.05, 0) is 70.1 Å². The van der Waals surface area contributed by atoms with Gasteiger partial charge in [0.05, 0.1) is 24.4 Å². The average Bonchev–Trinajstić information content (AvgIpc) is 3.42. The molecule has 2 saturated carbocycles. The fourth-order valence-electron chi connectivity index (χ4n) is 6.63. The summed E-state index contributed by atoms with van der Waals surface area (Å²) in [5, 5.41) is 6.51. The number of rotatable bonds is 8. The lowest BCUT2D eigenvalue weighted by Gasteiger charge is -2.34. The Morgan fingerprint density at radius 1 is 1.15 bits per heavy atom. The molecule has 6 rings (SSSR count). The first-order valence-electron chi connectivity index (χ1n) is 15.1. The number of hydrogen-bond donors (Lipinski definition) is 2. The van der Waals surface area contributed by atoms with Crippen LogP contribution in [0, 0.1) is 11.3 Å². The molecule has 10 heteroatoms. The summed E-state index contributed by atoms with van der Waals surface area (Å²) in [5.74, 6) is 2.57. The van der Waals surface area contributed by atoms with Crippen LogP contribution in [0.4, 0.5) is 23.1 Å². The van der Waals surface area contributed by atoms with E-state index in [0.717, 1.165) is 56.3 Å². The standard InChI is InChI=1S/C31H43N7O3/c1-31(2)19-38(23-7-5-6-8-23)27-25(36(3)29(31)40)16-32-30(35-27)34-24-12-11-21(15-26(24)41-4)28(39)33-22-13-14-37(18-22)17-20-9-10-20/h11-12,15-16,20,22-23H,5-10,13-14,17-19H2,1-4H3,(H,33,39)(H,32,34,35). The van der Waals surface area contributed by atoms with Crippen LogP contribution in [0.1, 0.15) is 69.2 Å². The molecular weight excluding hydrogens is 518 g/mol. The summed E-state index contributed by atoms with van der Waals surface area (Å²) in [5.41, 5.74) is 1.41. The highest BCUT2D eigenvalue weighted by Gasteiger charge is 2.41. The molecule has 1 saturated heterocycles. The Bertz CT molecular complexity index is 1300. The molecular formula is C31H43N7O3. The van der Waals surface area contributed by atoms with Crippen molar-refractivity contribution in [3.8, 4) is 5.75 Å². The number of methoxy groups -OCH3 is 1. The molecule has 220 valence electrons. The van der Waals surface area contributed by atoms with Crippen LogP contribution in [0.15, 0.2) is 24.4 Å². The van der Waals surface area contributed by atoms with Crippen LogP contribution in [0.5, 0.6) is 5.75 Å². The second-order valence-corrected chi connectivity index (χ2v) is 12.9. The average molecular weight is 562 g/mol. The second kappa shape index (κ2) is 11.1. The molecule has 2 aromatic rings. The third-order valence-electron chi connectivity index (χ3n) is 9.13. The maximum Gasteiger partial charge on any atom is 0.251 e. The van der Waals surface area contributed by atoms with Gasteiger partial charge in [-0.2, -0.15) is 4.98 Å². The number of amides is 2. The molecule has 3 fully saturated rings. The van der Waals surface area contributed by atoms with E-state index in [1.807, 2.05) is 19.9 Å². The number of carbonyl (C=O) groups excluding carboxylic acids is 2. The largest absolute Gasteiger partial charge is 0.495 e. The molecule has 1 aromatic carbocycles. The second-order valence-electron chi connectivity index (χ2n) is 12.9. The van der Waals surface area contributed by atoms with Crippen molar-refractivity contribution in [3.63, 3.8) is 0 Å². The number of aromatic nitrogens is 2. The zero-order valence-electron chi connectivity index (χ0n) is 24.8. The van der Waals surface area contributed by atoms with E-state index in [4.69, 9.17) is 9.72 Å². The van der Waals surface area contributed by atoms with Gasteiger partial charge >= 0.3 is 0 Å². The summed E-state index contributed by atoms with van der Waals surface area (Å²) in [6.45, 7) is 7.75. The molecule has 0 bridgehead atoms. The number of carbonyl (C=O) groups is 2. The van der Waals surface area contributed by atoms with E-state index in [9.17, 15) is 9.59 Å². The Morgan fingerprint density at radius 2 is 1.93 bits per heavy atom. The normalized spacial score (nSPS) is 22.9. The van der Waals surface area contributed by atoms with Crippen LogP contribution in [-0.4, -0.2) is 79.1 Å². The van der Waals surface area contributed by atoms with Crippen molar-refractivity contribution < 1.29 is 14.3 Å². The zero-order valence-corrected chi connectivity index (χ0v) is 24.8. The van der Waals surface area contributed by atoms with Gasteiger partial charge in [-0.1, -0.05) is 12.8 Å². The fraction of sp³-hybridized carbons (Fsp3) is 0.613. The topological polar surface area (TPSA) is 103 Å². The third kappa shape index (κ3) is 5.84. The number of nitrogens with zero attached hydrogens (tertiary/aromatic N) is 5. The Morgan fingerprint density at radius 3 is 2.66 bits per heavy atom. The minimum Gasteiger partial charge on any atom is -0.495 e. The summed E-state index contributed by atoms with van der Waals surface area (Å²) < 4.78 is 5.67. The van der Waals surface area contributed by atoms with Gasteiger partial charge in [0.1, 0.15) is 11.4 Å². The highest BCUT2D eigenvalue weighted by molar-refractivity contribution is 6.01. The van der Waals surface area contributed by atoms with E-state index in [1.165, 1.54) is 25.7 Å². The van der Waals surface area contributed by atoms with Crippen molar-refractivity contribution in [2.45, 2.75) is 70.9 Å². The SMILES string of the molecule is COc1cc(C(=O)NC2CCN(CC3CC3)C2)ccc1Nc1ncc2c(n1)N(C1CCCC1)CC(C)(C)C(=O)N2C. The smallest absolute Gasteiger partial charge is 0.251 e. The van der Waals surface area contributed by atoms with Crippen molar-refractivity contribution in [3.05, 3.63) is 30.0 Å². The zero-order chi connectivity index (χ0) is 28.7. The predicted molar refractivity (Wildman–Crippen MR) is 160 cm³/mol. The number of hydrogen-bond acceptors (Lipinski definition) is 8. The summed E-state index contributed by atoms with van der Waals surface area (Å²) in [6.07, 6.45) is 9.97. The molecule has 3 heterocycles. The van der Waals surface area contributed by atoms with Crippen molar-refractivity contribution in [1.29, 1.82) is 0 Å². The number of anilines is 4. The highest BCUT2D eigenvalue weighted by atomic mass is 16.5. The molecule has 1 unspecified atom stereocenters. The van der Waals surface area contributed by atoms with Crippen LogP contribution < -0.4 is 25.2 Å². The maximum absolute atomic E-state index is 13.3. The minimum atomic E-state index is -0.542. The number of fused-ring (bicyclic) bond motifs is 1. The molecule has 4 aliphatic rings. The minimum absolute atomic E-state index is 0.0623. The number of benzene rings is 1. The van der Waals surface area contributed by atoms with Gasteiger partial charge in [0.2, 0.25) is 11.9 Å². The van der Waals surface area contributed by atoms with Gasteiger partial charge in [-0.15, -0.1) is 0 Å². The third-order valence-corrected chi connectivity index (χ3v) is 9.13. The van der Waals surface area contributed by atoms with E-state index >= 15 is 0 Å². The summed E-state index contributed by atoms with van der Waals surface area (Å²) in [6, 6.07) is 5.93. The number of ether oxygens (including phenoxy) is 1. The lowest BCUT2D eigenvalue weighted by Crippen LogP contribution is -2.45. The van der Waals surface area contributed by atoms with E-state index in [2.05, 4.69) is 25.4 Å². The van der Waals surface area contributed by atoms with Crippen LogP contribution in [-0.2, 0) is 4.79 Å². The molecule has 2 aliphatic carbocycles. The predicted octanol–water partition coefficient (Wildman–Crippen LogP) is 4.19. The van der Waals surface area contributed by atoms with E-state index in [0.29, 0.717) is 35.5 Å².